The van der Waals surface area contributed by atoms with Crippen LogP contribution in [-0.2, 0) is 0 Å². The van der Waals surface area contributed by atoms with Crippen LogP contribution in [0.3, 0.4) is 0 Å². The van der Waals surface area contributed by atoms with Crippen molar-refractivity contribution >= 4 is 0 Å². The molecule has 0 amide bonds. The minimum absolute atomic E-state index is 0.149. The van der Waals surface area contributed by atoms with Gasteiger partial charge in [-0.2, -0.15) is 0 Å². The average Bonchev–Trinajstić information content (AvgIpc) is 1.87. The first-order valence-electron chi connectivity index (χ1n) is 4.03. The Morgan fingerprint density at radius 1 is 1.45 bits per heavy atom. The molecule has 0 aliphatic carbocycles. The maximum Gasteiger partial charge on any atom is 0.0743 e. The first-order chi connectivity index (χ1) is 5.02. The van der Waals surface area contributed by atoms with Crippen molar-refractivity contribution in [2.24, 2.45) is 0 Å². The summed E-state index contributed by atoms with van der Waals surface area (Å²) in [6.07, 6.45) is 0.739. The molecule has 0 radical (unpaired) electrons. The Morgan fingerprint density at radius 3 is 2.36 bits per heavy atom. The normalized spacial score (nSPS) is 16.9. The third kappa shape index (κ3) is 5.18. The third-order valence-electron chi connectivity index (χ3n) is 1.85. The van der Waals surface area contributed by atoms with Crippen LogP contribution in [0.4, 0.5) is 0 Å². The van der Waals surface area contributed by atoms with Gasteiger partial charge in [0, 0.05) is 13.1 Å². The van der Waals surface area contributed by atoms with E-state index in [1.807, 2.05) is 18.9 Å². The fourth-order valence-electron chi connectivity index (χ4n) is 0.943. The SMILES string of the molecule is CCC(C)(O)CN(C)CCO. The van der Waals surface area contributed by atoms with Gasteiger partial charge >= 0.3 is 0 Å². The summed E-state index contributed by atoms with van der Waals surface area (Å²) in [5.74, 6) is 0. The van der Waals surface area contributed by atoms with Crippen LogP contribution in [0, 0.1) is 0 Å². The first-order valence-corrected chi connectivity index (χ1v) is 4.03. The zero-order valence-electron chi connectivity index (χ0n) is 7.67. The number of rotatable bonds is 5. The van der Waals surface area contributed by atoms with Crippen LogP contribution in [0.1, 0.15) is 20.3 Å². The van der Waals surface area contributed by atoms with E-state index in [1.165, 1.54) is 0 Å². The molecule has 0 spiro atoms. The zero-order chi connectivity index (χ0) is 8.91. The van der Waals surface area contributed by atoms with Crippen molar-refractivity contribution < 1.29 is 10.2 Å². The Kier molecular flexibility index (Phi) is 4.65. The summed E-state index contributed by atoms with van der Waals surface area (Å²) in [7, 11) is 1.89. The number of hydrogen-bond acceptors (Lipinski definition) is 3. The molecule has 0 rings (SSSR count). The number of nitrogens with zero attached hydrogens (tertiary/aromatic N) is 1. The topological polar surface area (TPSA) is 43.7 Å². The van der Waals surface area contributed by atoms with Gasteiger partial charge in [-0.05, 0) is 20.4 Å². The van der Waals surface area contributed by atoms with Crippen molar-refractivity contribution in [3.63, 3.8) is 0 Å². The summed E-state index contributed by atoms with van der Waals surface area (Å²) >= 11 is 0. The predicted molar refractivity (Wildman–Crippen MR) is 45.5 cm³/mol. The Bertz CT molecular complexity index is 104. The molecule has 0 heterocycles. The zero-order valence-corrected chi connectivity index (χ0v) is 7.67. The molecule has 0 bridgehead atoms. The van der Waals surface area contributed by atoms with Gasteiger partial charge in [-0.15, -0.1) is 0 Å². The second-order valence-electron chi connectivity index (χ2n) is 3.31. The van der Waals surface area contributed by atoms with E-state index in [1.54, 1.807) is 6.92 Å². The van der Waals surface area contributed by atoms with E-state index in [0.717, 1.165) is 6.42 Å². The summed E-state index contributed by atoms with van der Waals surface area (Å²) in [5, 5.41) is 18.2. The van der Waals surface area contributed by atoms with E-state index < -0.39 is 5.60 Å². The molecule has 2 N–H and O–H groups in total. The second-order valence-corrected chi connectivity index (χ2v) is 3.31. The molecular weight excluding hydrogens is 142 g/mol. The summed E-state index contributed by atoms with van der Waals surface area (Å²) in [4.78, 5) is 1.92. The monoisotopic (exact) mass is 161 g/mol. The molecule has 0 aromatic rings. The van der Waals surface area contributed by atoms with E-state index >= 15 is 0 Å². The quantitative estimate of drug-likeness (QED) is 0.600. The van der Waals surface area contributed by atoms with Crippen LogP contribution in [0.5, 0.6) is 0 Å². The lowest BCUT2D eigenvalue weighted by Gasteiger charge is -2.27. The van der Waals surface area contributed by atoms with Crippen LogP contribution in [-0.4, -0.2) is 47.5 Å². The molecule has 0 aliphatic heterocycles. The van der Waals surface area contributed by atoms with Crippen molar-refractivity contribution in [3.05, 3.63) is 0 Å². The van der Waals surface area contributed by atoms with Crippen LogP contribution in [0.25, 0.3) is 0 Å². The highest BCUT2D eigenvalue weighted by Crippen LogP contribution is 2.08. The number of aliphatic hydroxyl groups excluding tert-OH is 1. The van der Waals surface area contributed by atoms with Gasteiger partial charge < -0.3 is 15.1 Å². The van der Waals surface area contributed by atoms with Crippen molar-refractivity contribution in [2.75, 3.05) is 26.7 Å². The molecule has 0 fully saturated rings. The highest BCUT2D eigenvalue weighted by molar-refractivity contribution is 4.73. The maximum absolute atomic E-state index is 9.60. The van der Waals surface area contributed by atoms with Gasteiger partial charge in [0.1, 0.15) is 0 Å². The Balaban J connectivity index is 3.64. The van der Waals surface area contributed by atoms with Gasteiger partial charge in [0.25, 0.3) is 0 Å². The highest BCUT2D eigenvalue weighted by atomic mass is 16.3. The fraction of sp³-hybridized carbons (Fsp3) is 1.00. The minimum Gasteiger partial charge on any atom is -0.395 e. The van der Waals surface area contributed by atoms with Gasteiger partial charge in [0.2, 0.25) is 0 Å². The molecule has 3 nitrogen and oxygen atoms in total. The number of hydrogen-bond donors (Lipinski definition) is 2. The molecule has 0 saturated carbocycles. The Labute approximate surface area is 68.6 Å². The molecule has 11 heavy (non-hydrogen) atoms. The van der Waals surface area contributed by atoms with Gasteiger partial charge in [-0.1, -0.05) is 6.92 Å². The van der Waals surface area contributed by atoms with E-state index in [0.29, 0.717) is 13.1 Å². The molecule has 0 aromatic heterocycles. The summed E-state index contributed by atoms with van der Waals surface area (Å²) < 4.78 is 0. The predicted octanol–water partition coefficient (Wildman–Crippen LogP) is 0.0715. The molecule has 68 valence electrons. The van der Waals surface area contributed by atoms with Crippen LogP contribution < -0.4 is 0 Å². The van der Waals surface area contributed by atoms with Crippen molar-refractivity contribution in [3.8, 4) is 0 Å². The Morgan fingerprint density at radius 2 is 2.00 bits per heavy atom. The van der Waals surface area contributed by atoms with Crippen LogP contribution >= 0.6 is 0 Å². The number of likely N-dealkylation sites (N-methyl/N-ethyl adjacent to an activating group) is 1. The van der Waals surface area contributed by atoms with Crippen molar-refractivity contribution in [1.82, 2.24) is 4.90 Å². The van der Waals surface area contributed by atoms with E-state index in [-0.39, 0.29) is 6.61 Å². The standard InChI is InChI=1S/C8H19NO2/c1-4-8(2,11)7-9(3)5-6-10/h10-11H,4-7H2,1-3H3. The largest absolute Gasteiger partial charge is 0.395 e. The van der Waals surface area contributed by atoms with Gasteiger partial charge in [-0.3, -0.25) is 0 Å². The minimum atomic E-state index is -0.621. The molecule has 0 aliphatic rings. The van der Waals surface area contributed by atoms with Gasteiger partial charge in [-0.25, -0.2) is 0 Å². The molecule has 0 aromatic carbocycles. The lowest BCUT2D eigenvalue weighted by Crippen LogP contribution is -2.39. The summed E-state index contributed by atoms with van der Waals surface area (Å²) in [6, 6.07) is 0. The molecule has 1 unspecified atom stereocenters. The van der Waals surface area contributed by atoms with Crippen LogP contribution in [0.2, 0.25) is 0 Å². The first kappa shape index (κ1) is 10.9. The van der Waals surface area contributed by atoms with Crippen molar-refractivity contribution in [2.45, 2.75) is 25.9 Å². The third-order valence-corrected chi connectivity index (χ3v) is 1.85. The molecule has 3 heteroatoms. The summed E-state index contributed by atoms with van der Waals surface area (Å²) in [5.41, 5.74) is -0.621. The molecule has 1 atom stereocenters. The van der Waals surface area contributed by atoms with Crippen LogP contribution in [0.15, 0.2) is 0 Å². The van der Waals surface area contributed by atoms with Crippen molar-refractivity contribution in [1.29, 1.82) is 0 Å². The lowest BCUT2D eigenvalue weighted by molar-refractivity contribution is 0.0202. The van der Waals surface area contributed by atoms with Gasteiger partial charge in [0.15, 0.2) is 0 Å². The average molecular weight is 161 g/mol. The smallest absolute Gasteiger partial charge is 0.0743 e. The lowest BCUT2D eigenvalue weighted by atomic mass is 10.0. The molecular formula is C8H19NO2. The van der Waals surface area contributed by atoms with E-state index in [9.17, 15) is 5.11 Å². The highest BCUT2D eigenvalue weighted by Gasteiger charge is 2.18. The Hall–Kier alpha value is -0.120. The van der Waals surface area contributed by atoms with E-state index in [4.69, 9.17) is 5.11 Å². The maximum atomic E-state index is 9.60. The second kappa shape index (κ2) is 4.70. The van der Waals surface area contributed by atoms with Gasteiger partial charge in [0.05, 0.1) is 12.2 Å². The summed E-state index contributed by atoms with van der Waals surface area (Å²) in [6.45, 7) is 5.14. The fourth-order valence-corrected chi connectivity index (χ4v) is 0.943. The molecule has 0 saturated heterocycles. The number of aliphatic hydroxyl groups is 2. The van der Waals surface area contributed by atoms with E-state index in [2.05, 4.69) is 0 Å².